The SMILES string of the molecule is C=CCOC1CCN(c2ccc(Cl)c(C#N)n2)C1. The highest BCUT2D eigenvalue weighted by Gasteiger charge is 2.24. The van der Waals surface area contributed by atoms with Gasteiger partial charge in [0.1, 0.15) is 11.9 Å². The molecule has 4 nitrogen and oxygen atoms in total. The van der Waals surface area contributed by atoms with E-state index in [0.717, 1.165) is 25.3 Å². The molecule has 0 amide bonds. The first-order valence-electron chi connectivity index (χ1n) is 5.78. The predicted molar refractivity (Wildman–Crippen MR) is 70.7 cm³/mol. The third-order valence-electron chi connectivity index (χ3n) is 2.86. The Kier molecular flexibility index (Phi) is 4.19. The van der Waals surface area contributed by atoms with Crippen LogP contribution in [0.2, 0.25) is 5.02 Å². The van der Waals surface area contributed by atoms with Gasteiger partial charge in [-0.3, -0.25) is 0 Å². The third-order valence-corrected chi connectivity index (χ3v) is 3.16. The van der Waals surface area contributed by atoms with E-state index >= 15 is 0 Å². The van der Waals surface area contributed by atoms with E-state index in [0.29, 0.717) is 11.6 Å². The molecule has 0 bridgehead atoms. The summed E-state index contributed by atoms with van der Waals surface area (Å²) < 4.78 is 5.61. The van der Waals surface area contributed by atoms with Gasteiger partial charge < -0.3 is 9.64 Å². The third kappa shape index (κ3) is 2.81. The Morgan fingerprint density at radius 1 is 1.67 bits per heavy atom. The van der Waals surface area contributed by atoms with E-state index < -0.39 is 0 Å². The zero-order valence-electron chi connectivity index (χ0n) is 9.97. The Hall–Kier alpha value is -1.57. The summed E-state index contributed by atoms with van der Waals surface area (Å²) >= 11 is 5.86. The molecule has 1 aromatic rings. The lowest BCUT2D eigenvalue weighted by molar-refractivity contribution is 0.0909. The molecule has 1 aromatic heterocycles. The summed E-state index contributed by atoms with van der Waals surface area (Å²) in [7, 11) is 0. The lowest BCUT2D eigenvalue weighted by atomic mass is 10.3. The van der Waals surface area contributed by atoms with Crippen molar-refractivity contribution in [3.05, 3.63) is 35.5 Å². The highest BCUT2D eigenvalue weighted by atomic mass is 35.5. The van der Waals surface area contributed by atoms with E-state index in [1.807, 2.05) is 12.1 Å². The minimum atomic E-state index is 0.200. The van der Waals surface area contributed by atoms with Gasteiger partial charge in [-0.1, -0.05) is 17.7 Å². The molecule has 1 saturated heterocycles. The second-order valence-corrected chi connectivity index (χ2v) is 4.50. The first-order valence-corrected chi connectivity index (χ1v) is 6.16. The summed E-state index contributed by atoms with van der Waals surface area (Å²) in [5.41, 5.74) is 0.268. The van der Waals surface area contributed by atoms with Crippen LogP contribution in [0.4, 0.5) is 5.82 Å². The van der Waals surface area contributed by atoms with Gasteiger partial charge in [-0.05, 0) is 18.6 Å². The topological polar surface area (TPSA) is 49.1 Å². The molecule has 5 heteroatoms. The number of aromatic nitrogens is 1. The zero-order chi connectivity index (χ0) is 13.0. The fourth-order valence-electron chi connectivity index (χ4n) is 1.96. The highest BCUT2D eigenvalue weighted by Crippen LogP contribution is 2.23. The van der Waals surface area contributed by atoms with Gasteiger partial charge in [0.25, 0.3) is 0 Å². The van der Waals surface area contributed by atoms with Crippen LogP contribution in [0.15, 0.2) is 24.8 Å². The molecule has 1 aliphatic heterocycles. The van der Waals surface area contributed by atoms with Gasteiger partial charge in [0, 0.05) is 13.1 Å². The van der Waals surface area contributed by atoms with Crippen LogP contribution >= 0.6 is 11.6 Å². The molecule has 1 atom stereocenters. The van der Waals surface area contributed by atoms with Crippen LogP contribution in [0, 0.1) is 11.3 Å². The Balaban J connectivity index is 2.05. The van der Waals surface area contributed by atoms with Crippen molar-refractivity contribution in [1.82, 2.24) is 4.98 Å². The lowest BCUT2D eigenvalue weighted by Gasteiger charge is -2.17. The standard InChI is InChI=1S/C13H14ClN3O/c1-2-7-18-10-5-6-17(9-10)13-4-3-11(14)12(8-15)16-13/h2-4,10H,1,5-7,9H2. The van der Waals surface area contributed by atoms with Gasteiger partial charge in [0.2, 0.25) is 0 Å². The molecular formula is C13H14ClN3O. The normalized spacial score (nSPS) is 18.7. The van der Waals surface area contributed by atoms with Crippen LogP contribution in [0.1, 0.15) is 12.1 Å². The number of halogens is 1. The molecule has 0 spiro atoms. The molecule has 1 aliphatic rings. The second-order valence-electron chi connectivity index (χ2n) is 4.09. The van der Waals surface area contributed by atoms with Gasteiger partial charge in [-0.2, -0.15) is 5.26 Å². The van der Waals surface area contributed by atoms with Crippen LogP contribution in [-0.2, 0) is 4.74 Å². The summed E-state index contributed by atoms with van der Waals surface area (Å²) in [6.07, 6.45) is 2.91. The number of nitrogens with zero attached hydrogens (tertiary/aromatic N) is 3. The zero-order valence-corrected chi connectivity index (χ0v) is 10.7. The number of hydrogen-bond acceptors (Lipinski definition) is 4. The first kappa shape index (κ1) is 12.9. The largest absolute Gasteiger partial charge is 0.372 e. The fraction of sp³-hybridized carbons (Fsp3) is 0.385. The van der Waals surface area contributed by atoms with Crippen LogP contribution < -0.4 is 4.90 Å². The van der Waals surface area contributed by atoms with Gasteiger partial charge in [0.05, 0.1) is 17.7 Å². The Morgan fingerprint density at radius 3 is 3.22 bits per heavy atom. The second kappa shape index (κ2) is 5.85. The van der Waals surface area contributed by atoms with Gasteiger partial charge in [-0.15, -0.1) is 6.58 Å². The van der Waals surface area contributed by atoms with Crippen molar-refractivity contribution in [2.75, 3.05) is 24.6 Å². The maximum absolute atomic E-state index is 8.90. The van der Waals surface area contributed by atoms with Crippen LogP contribution in [0.25, 0.3) is 0 Å². The quantitative estimate of drug-likeness (QED) is 0.783. The number of nitriles is 1. The molecule has 0 saturated carbocycles. The molecular weight excluding hydrogens is 250 g/mol. The number of pyridine rings is 1. The summed E-state index contributed by atoms with van der Waals surface area (Å²) in [5.74, 6) is 0.778. The van der Waals surface area contributed by atoms with Gasteiger partial charge in [-0.25, -0.2) is 4.98 Å². The van der Waals surface area contributed by atoms with Crippen molar-refractivity contribution in [1.29, 1.82) is 5.26 Å². The maximum atomic E-state index is 8.90. The van der Waals surface area contributed by atoms with Crippen molar-refractivity contribution in [3.63, 3.8) is 0 Å². The lowest BCUT2D eigenvalue weighted by Crippen LogP contribution is -2.23. The monoisotopic (exact) mass is 263 g/mol. The number of ether oxygens (including phenoxy) is 1. The smallest absolute Gasteiger partial charge is 0.161 e. The highest BCUT2D eigenvalue weighted by molar-refractivity contribution is 6.31. The molecule has 2 heterocycles. The number of rotatable bonds is 4. The molecule has 0 radical (unpaired) electrons. The van der Waals surface area contributed by atoms with E-state index in [2.05, 4.69) is 16.5 Å². The van der Waals surface area contributed by atoms with E-state index in [4.69, 9.17) is 21.6 Å². The summed E-state index contributed by atoms with van der Waals surface area (Å²) in [6, 6.07) is 5.53. The van der Waals surface area contributed by atoms with Crippen LogP contribution in [0.3, 0.4) is 0 Å². The van der Waals surface area contributed by atoms with Gasteiger partial charge >= 0.3 is 0 Å². The predicted octanol–water partition coefficient (Wildman–Crippen LogP) is 2.39. The van der Waals surface area contributed by atoms with E-state index in [1.165, 1.54) is 0 Å². The number of hydrogen-bond donors (Lipinski definition) is 0. The molecule has 0 N–H and O–H groups in total. The molecule has 18 heavy (non-hydrogen) atoms. The van der Waals surface area contributed by atoms with Crippen molar-refractivity contribution < 1.29 is 4.74 Å². The van der Waals surface area contributed by atoms with E-state index in [-0.39, 0.29) is 11.8 Å². The summed E-state index contributed by atoms with van der Waals surface area (Å²) in [5, 5.41) is 9.29. The summed E-state index contributed by atoms with van der Waals surface area (Å²) in [4.78, 5) is 6.35. The molecule has 0 aromatic carbocycles. The van der Waals surface area contributed by atoms with Crippen molar-refractivity contribution in [2.24, 2.45) is 0 Å². The average Bonchev–Trinajstić information content (AvgIpc) is 2.85. The molecule has 0 aliphatic carbocycles. The minimum Gasteiger partial charge on any atom is -0.372 e. The Morgan fingerprint density at radius 2 is 2.50 bits per heavy atom. The van der Waals surface area contributed by atoms with E-state index in [9.17, 15) is 0 Å². The molecule has 1 unspecified atom stereocenters. The van der Waals surface area contributed by atoms with E-state index in [1.54, 1.807) is 12.1 Å². The summed E-state index contributed by atoms with van der Waals surface area (Å²) in [6.45, 7) is 5.86. The minimum absolute atomic E-state index is 0.200. The Labute approximate surface area is 111 Å². The first-order chi connectivity index (χ1) is 8.74. The molecule has 2 rings (SSSR count). The molecule has 1 fully saturated rings. The van der Waals surface area contributed by atoms with Crippen LogP contribution in [-0.4, -0.2) is 30.8 Å². The maximum Gasteiger partial charge on any atom is 0.161 e. The Bertz CT molecular complexity index is 484. The number of anilines is 1. The van der Waals surface area contributed by atoms with Gasteiger partial charge in [0.15, 0.2) is 5.69 Å². The van der Waals surface area contributed by atoms with Crippen molar-refractivity contribution >= 4 is 17.4 Å². The van der Waals surface area contributed by atoms with Crippen molar-refractivity contribution in [3.8, 4) is 6.07 Å². The van der Waals surface area contributed by atoms with Crippen molar-refractivity contribution in [2.45, 2.75) is 12.5 Å². The molecule has 94 valence electrons. The fourth-order valence-corrected chi connectivity index (χ4v) is 2.11. The average molecular weight is 264 g/mol. The van der Waals surface area contributed by atoms with Crippen LogP contribution in [0.5, 0.6) is 0 Å².